The molecule has 158 valence electrons. The summed E-state index contributed by atoms with van der Waals surface area (Å²) in [5, 5.41) is 0. The van der Waals surface area contributed by atoms with Gasteiger partial charge in [-0.1, -0.05) is 0 Å². The predicted molar refractivity (Wildman–Crippen MR) is 99.0 cm³/mol. The quantitative estimate of drug-likeness (QED) is 0.213. The maximum absolute atomic E-state index is 12.8. The van der Waals surface area contributed by atoms with E-state index in [9.17, 15) is 4.57 Å². The molecule has 9 nitrogen and oxygen atoms in total. The smallest absolute Gasteiger partial charge is 0.357 e. The van der Waals surface area contributed by atoms with Crippen molar-refractivity contribution in [1.29, 1.82) is 0 Å². The summed E-state index contributed by atoms with van der Waals surface area (Å²) in [4.78, 5) is 0. The number of methoxy groups -OCH3 is 3. The van der Waals surface area contributed by atoms with Crippen LogP contribution < -0.4 is 0 Å². The largest absolute Gasteiger partial charge is 0.507 e. The molecular formula is C15H35O9PSi. The lowest BCUT2D eigenvalue weighted by Crippen LogP contribution is -2.53. The molecule has 0 aliphatic heterocycles. The zero-order valence-electron chi connectivity index (χ0n) is 17.2. The summed E-state index contributed by atoms with van der Waals surface area (Å²) in [5.74, 6) is 0. The van der Waals surface area contributed by atoms with Crippen molar-refractivity contribution in [3.05, 3.63) is 0 Å². The highest BCUT2D eigenvalue weighted by molar-refractivity contribution is 7.54. The minimum absolute atomic E-state index is 0.0736. The monoisotopic (exact) mass is 418 g/mol. The van der Waals surface area contributed by atoms with E-state index >= 15 is 0 Å². The van der Waals surface area contributed by atoms with Crippen LogP contribution in [0.25, 0.3) is 0 Å². The summed E-state index contributed by atoms with van der Waals surface area (Å²) in [6, 6.07) is 0.180. The molecule has 0 aromatic heterocycles. The second-order valence-corrected chi connectivity index (χ2v) is 10.1. The molecule has 0 spiro atoms. The first-order valence-electron chi connectivity index (χ1n) is 8.69. The molecule has 0 fully saturated rings. The van der Waals surface area contributed by atoms with E-state index in [2.05, 4.69) is 0 Å². The molecule has 26 heavy (non-hydrogen) atoms. The van der Waals surface area contributed by atoms with Crippen molar-refractivity contribution in [2.24, 2.45) is 0 Å². The summed E-state index contributed by atoms with van der Waals surface area (Å²) in [7, 11) is -2.20. The third-order valence-corrected chi connectivity index (χ3v) is 8.81. The summed E-state index contributed by atoms with van der Waals surface area (Å²) < 4.78 is 57.1. The van der Waals surface area contributed by atoms with Crippen molar-refractivity contribution in [1.82, 2.24) is 0 Å². The van der Waals surface area contributed by atoms with E-state index in [-0.39, 0.29) is 25.4 Å². The normalized spacial score (nSPS) is 18.3. The molecule has 0 N–H and O–H groups in total. The first kappa shape index (κ1) is 26.1. The van der Waals surface area contributed by atoms with Crippen LogP contribution in [0.3, 0.4) is 0 Å². The van der Waals surface area contributed by atoms with Gasteiger partial charge in [0, 0.05) is 27.4 Å². The third-order valence-electron chi connectivity index (χ3n) is 3.38. The topological polar surface area (TPSA) is 90.9 Å². The molecule has 0 amide bonds. The lowest BCUT2D eigenvalue weighted by Gasteiger charge is -2.35. The second-order valence-electron chi connectivity index (χ2n) is 5.37. The Kier molecular flexibility index (Phi) is 13.4. The highest BCUT2D eigenvalue weighted by Crippen LogP contribution is 2.50. The molecule has 0 aromatic rings. The van der Waals surface area contributed by atoms with Gasteiger partial charge in [0.05, 0.1) is 19.4 Å². The average Bonchev–Trinajstić information content (AvgIpc) is 2.60. The van der Waals surface area contributed by atoms with Gasteiger partial charge < -0.3 is 36.5 Å². The van der Waals surface area contributed by atoms with Gasteiger partial charge in [-0.25, -0.2) is 0 Å². The Balaban J connectivity index is 5.55. The molecule has 3 atom stereocenters. The minimum Gasteiger partial charge on any atom is -0.357 e. The van der Waals surface area contributed by atoms with Crippen LogP contribution >= 0.6 is 7.60 Å². The third kappa shape index (κ3) is 9.89. The molecule has 0 saturated heterocycles. The number of ether oxygens (including phenoxy) is 3. The van der Waals surface area contributed by atoms with Crippen LogP contribution in [0.15, 0.2) is 0 Å². The first-order valence-corrected chi connectivity index (χ1v) is 12.4. The van der Waals surface area contributed by atoms with Gasteiger partial charge in [-0.3, -0.25) is 4.57 Å². The molecule has 0 heterocycles. The van der Waals surface area contributed by atoms with E-state index < -0.39 is 35.3 Å². The Bertz CT molecular complexity index is 371. The van der Waals surface area contributed by atoms with Crippen LogP contribution in [0.2, 0.25) is 6.04 Å². The minimum atomic E-state index is -3.42. The summed E-state index contributed by atoms with van der Waals surface area (Å²) >= 11 is 0. The van der Waals surface area contributed by atoms with Gasteiger partial charge in [0.2, 0.25) is 0 Å². The lowest BCUT2D eigenvalue weighted by atomic mass is 10.8. The van der Waals surface area contributed by atoms with Crippen molar-refractivity contribution in [3.8, 4) is 0 Å². The van der Waals surface area contributed by atoms with Crippen LogP contribution in [0.5, 0.6) is 0 Å². The molecule has 0 aliphatic carbocycles. The van der Waals surface area contributed by atoms with Crippen LogP contribution in [0.1, 0.15) is 34.6 Å². The number of rotatable bonds is 16. The van der Waals surface area contributed by atoms with E-state index in [1.165, 1.54) is 21.3 Å². The van der Waals surface area contributed by atoms with Crippen LogP contribution in [-0.2, 0) is 41.1 Å². The van der Waals surface area contributed by atoms with Gasteiger partial charge in [0.15, 0.2) is 0 Å². The maximum atomic E-state index is 12.8. The first-order chi connectivity index (χ1) is 12.2. The molecule has 0 rings (SSSR count). The number of hydrogen-bond donors (Lipinski definition) is 0. The van der Waals surface area contributed by atoms with Crippen LogP contribution in [0.4, 0.5) is 0 Å². The zero-order valence-corrected chi connectivity index (χ0v) is 19.1. The van der Waals surface area contributed by atoms with Gasteiger partial charge in [-0.2, -0.15) is 0 Å². The van der Waals surface area contributed by atoms with Crippen LogP contribution in [-0.4, -0.2) is 68.4 Å². The summed E-state index contributed by atoms with van der Waals surface area (Å²) in [6.07, 6.45) is -1.74. The molecule has 0 aromatic carbocycles. The fourth-order valence-corrected chi connectivity index (χ4v) is 7.63. The average molecular weight is 418 g/mol. The van der Waals surface area contributed by atoms with Crippen molar-refractivity contribution in [3.63, 3.8) is 0 Å². The van der Waals surface area contributed by atoms with Crippen molar-refractivity contribution < 1.29 is 41.1 Å². The lowest BCUT2D eigenvalue weighted by molar-refractivity contribution is -0.162. The molecule has 11 heteroatoms. The Labute approximate surface area is 158 Å². The van der Waals surface area contributed by atoms with E-state index in [0.29, 0.717) is 0 Å². The fourth-order valence-electron chi connectivity index (χ4n) is 2.00. The van der Waals surface area contributed by atoms with E-state index in [0.717, 1.165) is 0 Å². The number of hydrogen-bond acceptors (Lipinski definition) is 9. The van der Waals surface area contributed by atoms with E-state index in [1.807, 2.05) is 0 Å². The van der Waals surface area contributed by atoms with Crippen molar-refractivity contribution in [2.75, 3.05) is 40.7 Å². The fraction of sp³-hybridized carbons (Fsp3) is 1.00. The van der Waals surface area contributed by atoms with Gasteiger partial charge in [-0.05, 0) is 34.6 Å². The highest BCUT2D eigenvalue weighted by atomic mass is 31.2. The van der Waals surface area contributed by atoms with Gasteiger partial charge in [0.1, 0.15) is 18.9 Å². The molecular weight excluding hydrogens is 383 g/mol. The Morgan fingerprint density at radius 1 is 0.769 bits per heavy atom. The van der Waals surface area contributed by atoms with Gasteiger partial charge in [-0.15, -0.1) is 0 Å². The summed E-state index contributed by atoms with van der Waals surface area (Å²) in [5.41, 5.74) is 0. The molecule has 0 radical (unpaired) electrons. The maximum Gasteiger partial charge on any atom is 0.507 e. The molecule has 0 bridgehead atoms. The van der Waals surface area contributed by atoms with E-state index in [1.54, 1.807) is 34.6 Å². The SMILES string of the molecule is CCOP(=O)(CC[Si](OC(C)OC)(OC(C)OC)OC(C)OC)OCC. The molecule has 0 saturated carbocycles. The van der Waals surface area contributed by atoms with Crippen LogP contribution in [0, 0.1) is 0 Å². The zero-order chi connectivity index (χ0) is 20.2. The van der Waals surface area contributed by atoms with Crippen molar-refractivity contribution in [2.45, 2.75) is 59.5 Å². The summed E-state index contributed by atoms with van der Waals surface area (Å²) in [6.45, 7) is 9.20. The Hall–Kier alpha value is 0.127. The van der Waals surface area contributed by atoms with Crippen molar-refractivity contribution >= 4 is 16.4 Å². The molecule has 0 aliphatic rings. The molecule has 3 unspecified atom stereocenters. The van der Waals surface area contributed by atoms with Gasteiger partial charge >= 0.3 is 16.4 Å². The Morgan fingerprint density at radius 3 is 1.38 bits per heavy atom. The predicted octanol–water partition coefficient (Wildman–Crippen LogP) is 3.22. The Morgan fingerprint density at radius 2 is 1.12 bits per heavy atom. The van der Waals surface area contributed by atoms with Gasteiger partial charge in [0.25, 0.3) is 0 Å². The standard InChI is InChI=1S/C15H35O9PSi/c1-9-20-25(16,21-10-2)11-12-26(22-13(3)17-6,23-14(4)18-7)24-15(5)19-8/h13-15H,9-12H2,1-8H3. The second kappa shape index (κ2) is 13.3. The van der Waals surface area contributed by atoms with E-state index in [4.69, 9.17) is 36.5 Å². The highest BCUT2D eigenvalue weighted by Gasteiger charge is 2.48.